The zero-order valence-electron chi connectivity index (χ0n) is 7.17. The molecular weight excluding hydrogens is 177 g/mol. The average molecular weight is 185 g/mol. The maximum atomic E-state index is 12.9. The Kier molecular flexibility index (Phi) is 2.41. The normalized spacial score (nSPS) is 9.77. The molecule has 1 aromatic heterocycles. The molecule has 13 heavy (non-hydrogen) atoms. The van der Waals surface area contributed by atoms with Gasteiger partial charge in [-0.25, -0.2) is 4.39 Å². The summed E-state index contributed by atoms with van der Waals surface area (Å²) in [6.45, 7) is 1.45. The lowest BCUT2D eigenvalue weighted by Gasteiger charge is -2.04. The van der Waals surface area contributed by atoms with Gasteiger partial charge in [-0.15, -0.1) is 0 Å². The van der Waals surface area contributed by atoms with Crippen molar-refractivity contribution in [2.45, 2.75) is 6.92 Å². The van der Waals surface area contributed by atoms with Gasteiger partial charge in [0.1, 0.15) is 5.69 Å². The van der Waals surface area contributed by atoms with Gasteiger partial charge in [0.2, 0.25) is 0 Å². The van der Waals surface area contributed by atoms with Gasteiger partial charge in [0.25, 0.3) is 0 Å². The molecule has 0 aromatic carbocycles. The number of nitro groups is 1. The summed E-state index contributed by atoms with van der Waals surface area (Å²) in [5.41, 5.74) is 0.314. The molecule has 0 amide bonds. The highest BCUT2D eigenvalue weighted by molar-refractivity contribution is 5.61. The Morgan fingerprint density at radius 2 is 2.31 bits per heavy atom. The highest BCUT2D eigenvalue weighted by atomic mass is 19.1. The molecule has 0 unspecified atom stereocenters. The van der Waals surface area contributed by atoms with Crippen molar-refractivity contribution in [3.8, 4) is 0 Å². The smallest absolute Gasteiger partial charge is 0.381 e. The molecule has 0 bridgehead atoms. The number of halogens is 1. The lowest BCUT2D eigenvalue weighted by Crippen LogP contribution is -2.03. The van der Waals surface area contributed by atoms with Gasteiger partial charge in [-0.2, -0.15) is 0 Å². The molecule has 1 aromatic rings. The van der Waals surface area contributed by atoms with Crippen LogP contribution in [-0.2, 0) is 0 Å². The first-order valence-corrected chi connectivity index (χ1v) is 3.55. The fourth-order valence-electron chi connectivity index (χ4n) is 1.00. The van der Waals surface area contributed by atoms with E-state index in [0.29, 0.717) is 0 Å². The zero-order valence-corrected chi connectivity index (χ0v) is 7.17. The Bertz CT molecular complexity index is 354. The molecule has 1 rings (SSSR count). The molecule has 0 spiro atoms. The highest BCUT2D eigenvalue weighted by Crippen LogP contribution is 2.26. The molecule has 0 saturated heterocycles. The number of hydrogen-bond donors (Lipinski definition) is 1. The van der Waals surface area contributed by atoms with Gasteiger partial charge >= 0.3 is 5.82 Å². The van der Waals surface area contributed by atoms with Crippen LogP contribution in [0, 0.1) is 22.9 Å². The van der Waals surface area contributed by atoms with E-state index in [-0.39, 0.29) is 17.1 Å². The largest absolute Gasteiger partial charge is 0.387 e. The Morgan fingerprint density at radius 1 is 1.69 bits per heavy atom. The van der Waals surface area contributed by atoms with Crippen LogP contribution in [0.5, 0.6) is 0 Å². The second-order valence-corrected chi connectivity index (χ2v) is 2.44. The topological polar surface area (TPSA) is 68.1 Å². The van der Waals surface area contributed by atoms with E-state index in [1.54, 1.807) is 0 Å². The SMILES string of the molecule is CNc1c([N+](=O)[O-])ncc(F)c1C. The predicted molar refractivity (Wildman–Crippen MR) is 45.1 cm³/mol. The van der Waals surface area contributed by atoms with Gasteiger partial charge in [-0.1, -0.05) is 0 Å². The van der Waals surface area contributed by atoms with Crippen LogP contribution in [0.15, 0.2) is 6.20 Å². The maximum absolute atomic E-state index is 12.9. The number of anilines is 1. The number of rotatable bonds is 2. The molecule has 0 radical (unpaired) electrons. The summed E-state index contributed by atoms with van der Waals surface area (Å²) in [7, 11) is 1.48. The molecule has 1 heterocycles. The number of hydrogen-bond acceptors (Lipinski definition) is 4. The first-order chi connectivity index (χ1) is 6.07. The minimum atomic E-state index is -0.654. The molecule has 0 aliphatic carbocycles. The minimum Gasteiger partial charge on any atom is -0.381 e. The lowest BCUT2D eigenvalue weighted by atomic mass is 10.2. The Hall–Kier alpha value is -1.72. The number of pyridine rings is 1. The summed E-state index contributed by atoms with van der Waals surface area (Å²) in [4.78, 5) is 13.1. The van der Waals surface area contributed by atoms with Crippen molar-refractivity contribution >= 4 is 11.5 Å². The van der Waals surface area contributed by atoms with Crippen molar-refractivity contribution in [1.82, 2.24) is 4.98 Å². The van der Waals surface area contributed by atoms with Crippen LogP contribution in [0.1, 0.15) is 5.56 Å². The van der Waals surface area contributed by atoms with E-state index in [4.69, 9.17) is 0 Å². The molecule has 1 N–H and O–H groups in total. The quantitative estimate of drug-likeness (QED) is 0.559. The van der Waals surface area contributed by atoms with Crippen molar-refractivity contribution in [3.05, 3.63) is 27.7 Å². The number of aromatic nitrogens is 1. The Morgan fingerprint density at radius 3 is 2.77 bits per heavy atom. The molecular formula is C7H8FN3O2. The summed E-state index contributed by atoms with van der Waals surface area (Å²) >= 11 is 0. The molecule has 0 aliphatic rings. The van der Waals surface area contributed by atoms with Crippen LogP contribution in [0.25, 0.3) is 0 Å². The van der Waals surface area contributed by atoms with E-state index in [0.717, 1.165) is 6.20 Å². The van der Waals surface area contributed by atoms with Gasteiger partial charge in [-0.3, -0.25) is 0 Å². The van der Waals surface area contributed by atoms with E-state index in [2.05, 4.69) is 10.3 Å². The summed E-state index contributed by atoms with van der Waals surface area (Å²) in [6, 6.07) is 0. The zero-order chi connectivity index (χ0) is 10.0. The van der Waals surface area contributed by atoms with Gasteiger partial charge in [0, 0.05) is 12.6 Å². The van der Waals surface area contributed by atoms with Gasteiger partial charge < -0.3 is 15.4 Å². The molecule has 5 nitrogen and oxygen atoms in total. The third kappa shape index (κ3) is 1.56. The highest BCUT2D eigenvalue weighted by Gasteiger charge is 2.19. The second-order valence-electron chi connectivity index (χ2n) is 2.44. The van der Waals surface area contributed by atoms with E-state index in [1.807, 2.05) is 0 Å². The van der Waals surface area contributed by atoms with Crippen molar-refractivity contribution in [2.75, 3.05) is 12.4 Å². The summed E-state index contributed by atoms with van der Waals surface area (Å²) in [5, 5.41) is 13.0. The second kappa shape index (κ2) is 3.34. The first-order valence-electron chi connectivity index (χ1n) is 3.55. The third-order valence-corrected chi connectivity index (χ3v) is 1.68. The van der Waals surface area contributed by atoms with Crippen LogP contribution in [-0.4, -0.2) is 17.0 Å². The van der Waals surface area contributed by atoms with E-state index in [9.17, 15) is 14.5 Å². The monoisotopic (exact) mass is 185 g/mol. The van der Waals surface area contributed by atoms with Crippen LogP contribution in [0.4, 0.5) is 15.9 Å². The molecule has 0 atom stereocenters. The van der Waals surface area contributed by atoms with Gasteiger partial charge in [0.05, 0.1) is 0 Å². The summed E-state index contributed by atoms with van der Waals surface area (Å²) in [6.07, 6.45) is 0.842. The molecule has 6 heteroatoms. The van der Waals surface area contributed by atoms with E-state index < -0.39 is 10.7 Å². The van der Waals surface area contributed by atoms with Crippen LogP contribution < -0.4 is 5.32 Å². The van der Waals surface area contributed by atoms with Crippen LogP contribution in [0.3, 0.4) is 0 Å². The summed E-state index contributed by atoms with van der Waals surface area (Å²) < 4.78 is 12.9. The molecule has 70 valence electrons. The van der Waals surface area contributed by atoms with Crippen molar-refractivity contribution in [3.63, 3.8) is 0 Å². The van der Waals surface area contributed by atoms with Gasteiger partial charge in [0.15, 0.2) is 12.0 Å². The van der Waals surface area contributed by atoms with Crippen LogP contribution in [0.2, 0.25) is 0 Å². The number of nitrogens with one attached hydrogen (secondary N) is 1. The van der Waals surface area contributed by atoms with Crippen LogP contribution >= 0.6 is 0 Å². The van der Waals surface area contributed by atoms with E-state index in [1.165, 1.54) is 14.0 Å². The fourth-order valence-corrected chi connectivity index (χ4v) is 1.00. The fraction of sp³-hybridized carbons (Fsp3) is 0.286. The summed E-state index contributed by atoms with van der Waals surface area (Å²) in [5.74, 6) is -0.920. The Balaban J connectivity index is 3.38. The maximum Gasteiger partial charge on any atom is 0.387 e. The van der Waals surface area contributed by atoms with Crippen molar-refractivity contribution in [1.29, 1.82) is 0 Å². The molecule has 0 aliphatic heterocycles. The minimum absolute atomic E-state index is 0.116. The average Bonchev–Trinajstić information content (AvgIpc) is 2.09. The van der Waals surface area contributed by atoms with Gasteiger partial charge in [-0.05, 0) is 16.8 Å². The Labute approximate surface area is 73.7 Å². The number of nitrogens with zero attached hydrogens (tertiary/aromatic N) is 2. The van der Waals surface area contributed by atoms with E-state index >= 15 is 0 Å². The lowest BCUT2D eigenvalue weighted by molar-refractivity contribution is -0.388. The first kappa shape index (κ1) is 9.37. The van der Waals surface area contributed by atoms with Crippen molar-refractivity contribution in [2.24, 2.45) is 0 Å². The van der Waals surface area contributed by atoms with Crippen molar-refractivity contribution < 1.29 is 9.31 Å². The third-order valence-electron chi connectivity index (χ3n) is 1.68. The standard InChI is InChI=1S/C7H8FN3O2/c1-4-5(8)3-10-7(11(12)13)6(4)9-2/h3,9H,1-2H3. The molecule has 0 saturated carbocycles. The predicted octanol–water partition coefficient (Wildman–Crippen LogP) is 1.48. The molecule has 0 fully saturated rings.